The zero-order chi connectivity index (χ0) is 18.2. The van der Waals surface area contributed by atoms with Crippen molar-refractivity contribution in [1.82, 2.24) is 4.90 Å². The highest BCUT2D eigenvalue weighted by molar-refractivity contribution is 7.98. The number of nitrogens with zero attached hydrogens (tertiary/aromatic N) is 1. The Morgan fingerprint density at radius 3 is 2.36 bits per heavy atom. The largest absolute Gasteiger partial charge is 0.492 e. The van der Waals surface area contributed by atoms with Crippen LogP contribution in [0.5, 0.6) is 5.75 Å². The van der Waals surface area contributed by atoms with E-state index in [9.17, 15) is 4.79 Å². The first-order valence-corrected chi connectivity index (χ1v) is 9.52. The number of carbonyl (C=O) groups excluding carboxylic acids is 1. The van der Waals surface area contributed by atoms with Crippen LogP contribution in [0.1, 0.15) is 11.1 Å². The molecule has 0 radical (unpaired) electrons. The fourth-order valence-electron chi connectivity index (χ4n) is 2.53. The Hall–Kier alpha value is -1.98. The fourth-order valence-corrected chi connectivity index (χ4v) is 2.94. The number of rotatable bonds is 8. The van der Waals surface area contributed by atoms with E-state index < -0.39 is 0 Å². The van der Waals surface area contributed by atoms with Gasteiger partial charge >= 0.3 is 0 Å². The Kier molecular flexibility index (Phi) is 7.34. The number of aryl methyl sites for hydroxylation is 2. The molecule has 0 aliphatic heterocycles. The molecule has 0 atom stereocenters. The summed E-state index contributed by atoms with van der Waals surface area (Å²) < 4.78 is 5.79. The summed E-state index contributed by atoms with van der Waals surface area (Å²) in [6.07, 6.45) is 2.03. The van der Waals surface area contributed by atoms with Gasteiger partial charge in [-0.05, 0) is 74.7 Å². The van der Waals surface area contributed by atoms with Crippen molar-refractivity contribution in [2.24, 2.45) is 0 Å². The molecule has 2 aromatic carbocycles. The lowest BCUT2D eigenvalue weighted by Crippen LogP contribution is -2.33. The summed E-state index contributed by atoms with van der Waals surface area (Å²) in [6, 6.07) is 14.0. The Labute approximate surface area is 154 Å². The molecule has 1 amide bonds. The average molecular weight is 359 g/mol. The Morgan fingerprint density at radius 1 is 1.12 bits per heavy atom. The highest BCUT2D eigenvalue weighted by Gasteiger charge is 2.07. The smallest absolute Gasteiger partial charge is 0.238 e. The van der Waals surface area contributed by atoms with Crippen molar-refractivity contribution in [2.45, 2.75) is 18.7 Å². The van der Waals surface area contributed by atoms with Crippen molar-refractivity contribution in [3.05, 3.63) is 53.6 Å². The number of hydrogen-bond donors (Lipinski definition) is 1. The van der Waals surface area contributed by atoms with Crippen molar-refractivity contribution in [2.75, 3.05) is 38.3 Å². The number of thioether (sulfide) groups is 1. The van der Waals surface area contributed by atoms with Crippen molar-refractivity contribution in [3.63, 3.8) is 0 Å². The second kappa shape index (κ2) is 9.49. The van der Waals surface area contributed by atoms with Gasteiger partial charge in [0.1, 0.15) is 12.4 Å². The maximum atomic E-state index is 12.1. The van der Waals surface area contributed by atoms with E-state index in [1.165, 1.54) is 16.0 Å². The van der Waals surface area contributed by atoms with E-state index >= 15 is 0 Å². The van der Waals surface area contributed by atoms with Crippen molar-refractivity contribution < 1.29 is 9.53 Å². The molecule has 0 heterocycles. The number of ether oxygens (including phenoxy) is 1. The zero-order valence-electron chi connectivity index (χ0n) is 15.3. The third-order valence-corrected chi connectivity index (χ3v) is 4.47. The van der Waals surface area contributed by atoms with Crippen LogP contribution in [0.15, 0.2) is 47.4 Å². The topological polar surface area (TPSA) is 41.6 Å². The second-order valence-corrected chi connectivity index (χ2v) is 7.07. The molecule has 0 saturated heterocycles. The van der Waals surface area contributed by atoms with E-state index in [0.717, 1.165) is 11.4 Å². The van der Waals surface area contributed by atoms with Gasteiger partial charge < -0.3 is 10.1 Å². The minimum Gasteiger partial charge on any atom is -0.492 e. The van der Waals surface area contributed by atoms with E-state index in [2.05, 4.69) is 25.2 Å². The second-order valence-electron chi connectivity index (χ2n) is 6.19. The number of likely N-dealkylation sites (N-methyl/N-ethyl adjacent to an activating group) is 1. The molecule has 134 valence electrons. The summed E-state index contributed by atoms with van der Waals surface area (Å²) in [5, 5.41) is 2.92. The summed E-state index contributed by atoms with van der Waals surface area (Å²) in [5.41, 5.74) is 3.20. The van der Waals surface area contributed by atoms with E-state index in [1.807, 2.05) is 54.6 Å². The summed E-state index contributed by atoms with van der Waals surface area (Å²) in [7, 11) is 1.92. The summed E-state index contributed by atoms with van der Waals surface area (Å²) >= 11 is 1.68. The predicted molar refractivity (Wildman–Crippen MR) is 106 cm³/mol. The molecule has 0 aliphatic carbocycles. The standard InChI is InChI=1S/C20H26N2O2S/c1-15-11-16(2)13-18(12-15)24-10-9-22(3)14-20(23)21-17-5-7-19(25-4)8-6-17/h5-8,11-13H,9-10,14H2,1-4H3,(H,21,23). The molecule has 0 spiro atoms. The SMILES string of the molecule is CSc1ccc(NC(=O)CN(C)CCOc2cc(C)cc(C)c2)cc1. The molecule has 0 bridgehead atoms. The van der Waals surface area contributed by atoms with Gasteiger partial charge in [-0.25, -0.2) is 0 Å². The number of benzene rings is 2. The molecule has 2 rings (SSSR count). The van der Waals surface area contributed by atoms with Gasteiger partial charge in [-0.15, -0.1) is 11.8 Å². The van der Waals surface area contributed by atoms with Gasteiger partial charge in [0.25, 0.3) is 0 Å². The molecule has 4 nitrogen and oxygen atoms in total. The molecule has 0 saturated carbocycles. The van der Waals surface area contributed by atoms with Crippen molar-refractivity contribution in [3.8, 4) is 5.75 Å². The fraction of sp³-hybridized carbons (Fsp3) is 0.350. The Morgan fingerprint density at radius 2 is 1.76 bits per heavy atom. The summed E-state index contributed by atoms with van der Waals surface area (Å²) in [6.45, 7) is 5.69. The van der Waals surface area contributed by atoms with Gasteiger partial charge in [0.15, 0.2) is 0 Å². The van der Waals surface area contributed by atoms with Crippen LogP contribution in [0.4, 0.5) is 5.69 Å². The van der Waals surface area contributed by atoms with Crippen LogP contribution in [0, 0.1) is 13.8 Å². The minimum absolute atomic E-state index is 0.0224. The molecule has 25 heavy (non-hydrogen) atoms. The van der Waals surface area contributed by atoms with Crippen LogP contribution in [0.3, 0.4) is 0 Å². The molecular formula is C20H26N2O2S. The van der Waals surface area contributed by atoms with E-state index in [4.69, 9.17) is 4.74 Å². The van der Waals surface area contributed by atoms with Crippen LogP contribution in [-0.2, 0) is 4.79 Å². The third-order valence-electron chi connectivity index (χ3n) is 3.72. The first-order valence-electron chi connectivity index (χ1n) is 8.30. The minimum atomic E-state index is -0.0224. The first kappa shape index (κ1) is 19.3. The normalized spacial score (nSPS) is 10.8. The lowest BCUT2D eigenvalue weighted by molar-refractivity contribution is -0.117. The Bertz CT molecular complexity index is 681. The molecular weight excluding hydrogens is 332 g/mol. The zero-order valence-corrected chi connectivity index (χ0v) is 16.2. The van der Waals surface area contributed by atoms with Crippen LogP contribution in [0.25, 0.3) is 0 Å². The quantitative estimate of drug-likeness (QED) is 0.725. The molecule has 0 unspecified atom stereocenters. The van der Waals surface area contributed by atoms with Gasteiger partial charge in [0, 0.05) is 17.1 Å². The Balaban J connectivity index is 1.73. The van der Waals surface area contributed by atoms with E-state index in [-0.39, 0.29) is 5.91 Å². The predicted octanol–water partition coefficient (Wildman–Crippen LogP) is 3.97. The van der Waals surface area contributed by atoms with Gasteiger partial charge in [0.2, 0.25) is 5.91 Å². The maximum absolute atomic E-state index is 12.1. The first-order chi connectivity index (χ1) is 12.0. The molecule has 1 N–H and O–H groups in total. The monoisotopic (exact) mass is 358 g/mol. The highest BCUT2D eigenvalue weighted by Crippen LogP contribution is 2.17. The molecule has 2 aromatic rings. The third kappa shape index (κ3) is 6.80. The average Bonchev–Trinajstić information content (AvgIpc) is 2.54. The number of carbonyl (C=O) groups is 1. The summed E-state index contributed by atoms with van der Waals surface area (Å²) in [5.74, 6) is 0.857. The summed E-state index contributed by atoms with van der Waals surface area (Å²) in [4.78, 5) is 15.2. The molecule has 5 heteroatoms. The van der Waals surface area contributed by atoms with Crippen LogP contribution in [-0.4, -0.2) is 43.8 Å². The van der Waals surface area contributed by atoms with E-state index in [1.54, 1.807) is 11.8 Å². The lowest BCUT2D eigenvalue weighted by atomic mass is 10.1. The van der Waals surface area contributed by atoms with Gasteiger partial charge in [-0.1, -0.05) is 6.07 Å². The number of hydrogen-bond acceptors (Lipinski definition) is 4. The highest BCUT2D eigenvalue weighted by atomic mass is 32.2. The van der Waals surface area contributed by atoms with Gasteiger partial charge in [-0.2, -0.15) is 0 Å². The number of amides is 1. The number of anilines is 1. The van der Waals surface area contributed by atoms with Crippen molar-refractivity contribution >= 4 is 23.4 Å². The van der Waals surface area contributed by atoms with Crippen LogP contribution >= 0.6 is 11.8 Å². The van der Waals surface area contributed by atoms with Gasteiger partial charge in [-0.3, -0.25) is 9.69 Å². The number of nitrogens with one attached hydrogen (secondary N) is 1. The molecule has 0 aliphatic rings. The van der Waals surface area contributed by atoms with Crippen LogP contribution in [0.2, 0.25) is 0 Å². The lowest BCUT2D eigenvalue weighted by Gasteiger charge is -2.17. The van der Waals surface area contributed by atoms with Gasteiger partial charge in [0.05, 0.1) is 6.54 Å². The maximum Gasteiger partial charge on any atom is 0.238 e. The molecule has 0 aromatic heterocycles. The molecule has 0 fully saturated rings. The van der Waals surface area contributed by atoms with E-state index in [0.29, 0.717) is 19.7 Å². The van der Waals surface area contributed by atoms with Crippen molar-refractivity contribution in [1.29, 1.82) is 0 Å². The van der Waals surface area contributed by atoms with Crippen LogP contribution < -0.4 is 10.1 Å².